The van der Waals surface area contributed by atoms with Gasteiger partial charge in [-0.15, -0.1) is 0 Å². The summed E-state index contributed by atoms with van der Waals surface area (Å²) in [6.45, 7) is 4.47. The Bertz CT molecular complexity index is 621. The summed E-state index contributed by atoms with van der Waals surface area (Å²) in [7, 11) is 0. The summed E-state index contributed by atoms with van der Waals surface area (Å²) in [6.07, 6.45) is 4.45. The molecule has 2 aromatic carbocycles. The van der Waals surface area contributed by atoms with E-state index in [1.807, 2.05) is 0 Å². The first-order valence-electron chi connectivity index (χ1n) is 7.46. The fourth-order valence-corrected chi connectivity index (χ4v) is 3.09. The molecule has 0 atom stereocenters. The molecule has 0 saturated carbocycles. The van der Waals surface area contributed by atoms with Crippen molar-refractivity contribution in [1.29, 1.82) is 0 Å². The van der Waals surface area contributed by atoms with Crippen molar-refractivity contribution in [2.24, 2.45) is 0 Å². The first kappa shape index (κ1) is 16.0. The fourth-order valence-electron chi connectivity index (χ4n) is 2.42. The van der Waals surface area contributed by atoms with Crippen LogP contribution in [0, 0.1) is 0 Å². The van der Waals surface area contributed by atoms with Crippen molar-refractivity contribution in [2.45, 2.75) is 26.7 Å². The lowest BCUT2D eigenvalue weighted by atomic mass is 9.93. The maximum absolute atomic E-state index is 2.49. The molecule has 2 aromatic rings. The third-order valence-corrected chi connectivity index (χ3v) is 4.93. The van der Waals surface area contributed by atoms with Gasteiger partial charge in [0.25, 0.3) is 0 Å². The zero-order valence-electron chi connectivity index (χ0n) is 12.6. The maximum Gasteiger partial charge on any atom is -0.00587 e. The first-order valence-corrected chi connectivity index (χ1v) is 8.54. The zero-order valence-corrected chi connectivity index (χ0v) is 14.8. The van der Waals surface area contributed by atoms with Crippen molar-refractivity contribution < 1.29 is 0 Å². The summed E-state index contributed by atoms with van der Waals surface area (Å²) < 4.78 is 1.45. The zero-order chi connectivity index (χ0) is 15.1. The molecule has 0 amide bonds. The Morgan fingerprint density at radius 2 is 1.43 bits per heavy atom. The second-order valence-corrected chi connectivity index (χ2v) is 6.23. The van der Waals surface area contributed by atoms with Gasteiger partial charge in [-0.3, -0.25) is 0 Å². The Labute approximate surface area is 141 Å². The van der Waals surface area contributed by atoms with Gasteiger partial charge in [0.15, 0.2) is 0 Å². The first-order chi connectivity index (χ1) is 10.3. The van der Waals surface area contributed by atoms with Gasteiger partial charge in [-0.1, -0.05) is 74.5 Å². The van der Waals surface area contributed by atoms with Crippen molar-refractivity contribution in [1.82, 2.24) is 0 Å². The third-order valence-electron chi connectivity index (χ3n) is 3.51. The number of benzene rings is 2. The molecule has 0 aliphatic carbocycles. The molecule has 108 valence electrons. The van der Waals surface area contributed by atoms with Crippen molar-refractivity contribution >= 4 is 34.2 Å². The second kappa shape index (κ2) is 8.18. The summed E-state index contributed by atoms with van der Waals surface area (Å²) in [5.74, 6) is 0. The third kappa shape index (κ3) is 4.31. The Balaban J connectivity index is 2.58. The van der Waals surface area contributed by atoms with E-state index in [0.717, 1.165) is 12.8 Å². The molecular formula is C20H21I. The molecule has 0 N–H and O–H groups in total. The second-order valence-electron chi connectivity index (χ2n) is 4.93. The highest BCUT2D eigenvalue weighted by Gasteiger charge is 2.10. The highest BCUT2D eigenvalue weighted by atomic mass is 127. The van der Waals surface area contributed by atoms with Crippen LogP contribution in [0.2, 0.25) is 0 Å². The monoisotopic (exact) mass is 388 g/mol. The summed E-state index contributed by atoms with van der Waals surface area (Å²) in [4.78, 5) is 0. The lowest BCUT2D eigenvalue weighted by Gasteiger charge is -2.14. The van der Waals surface area contributed by atoms with Crippen molar-refractivity contribution in [3.8, 4) is 0 Å². The minimum Gasteiger partial charge on any atom is -0.0622 e. The van der Waals surface area contributed by atoms with Crippen LogP contribution in [0.3, 0.4) is 0 Å². The number of halogens is 1. The van der Waals surface area contributed by atoms with Gasteiger partial charge in [-0.25, -0.2) is 0 Å². The largest absolute Gasteiger partial charge is 0.0622 e. The summed E-state index contributed by atoms with van der Waals surface area (Å²) in [6, 6.07) is 21.3. The van der Waals surface area contributed by atoms with Crippen LogP contribution in [-0.4, -0.2) is 0 Å². The van der Waals surface area contributed by atoms with Crippen LogP contribution >= 0.6 is 22.6 Å². The lowest BCUT2D eigenvalue weighted by Crippen LogP contribution is -1.92. The summed E-state index contributed by atoms with van der Waals surface area (Å²) in [5.41, 5.74) is 5.34. The van der Waals surface area contributed by atoms with Crippen molar-refractivity contribution in [2.75, 3.05) is 0 Å². The minimum atomic E-state index is 1.06. The minimum absolute atomic E-state index is 1.06. The SMILES string of the molecule is CC/C(I)=C(CC)/C(=C\c1ccccc1)c1ccccc1. The van der Waals surface area contributed by atoms with E-state index in [9.17, 15) is 0 Å². The molecule has 21 heavy (non-hydrogen) atoms. The highest BCUT2D eigenvalue weighted by Crippen LogP contribution is 2.33. The van der Waals surface area contributed by atoms with E-state index in [4.69, 9.17) is 0 Å². The molecule has 0 saturated heterocycles. The molecule has 0 aliphatic rings. The molecule has 0 bridgehead atoms. The lowest BCUT2D eigenvalue weighted by molar-refractivity contribution is 1.10. The molecule has 0 radical (unpaired) electrons. The Morgan fingerprint density at radius 3 is 1.95 bits per heavy atom. The molecule has 0 aromatic heterocycles. The van der Waals surface area contributed by atoms with Gasteiger partial charge >= 0.3 is 0 Å². The normalized spacial score (nSPS) is 13.0. The molecule has 0 heterocycles. The van der Waals surface area contributed by atoms with Gasteiger partial charge in [0.1, 0.15) is 0 Å². The number of allylic oxidation sites excluding steroid dienone is 3. The number of rotatable bonds is 5. The number of hydrogen-bond donors (Lipinski definition) is 0. The average Bonchev–Trinajstić information content (AvgIpc) is 2.56. The van der Waals surface area contributed by atoms with Gasteiger partial charge in [0.2, 0.25) is 0 Å². The van der Waals surface area contributed by atoms with Gasteiger partial charge in [-0.05, 0) is 67.4 Å². The predicted molar refractivity (Wildman–Crippen MR) is 102 cm³/mol. The van der Waals surface area contributed by atoms with Crippen molar-refractivity contribution in [3.63, 3.8) is 0 Å². The quantitative estimate of drug-likeness (QED) is 0.302. The number of hydrogen-bond acceptors (Lipinski definition) is 0. The molecule has 0 nitrogen and oxygen atoms in total. The van der Waals surface area contributed by atoms with Crippen LogP contribution in [0.1, 0.15) is 37.8 Å². The Hall–Kier alpha value is -1.35. The average molecular weight is 388 g/mol. The fraction of sp³-hybridized carbons (Fsp3) is 0.200. The Morgan fingerprint density at radius 1 is 0.857 bits per heavy atom. The van der Waals surface area contributed by atoms with E-state index in [1.54, 1.807) is 0 Å². The van der Waals surface area contributed by atoms with Crippen LogP contribution in [0.4, 0.5) is 0 Å². The molecular weight excluding hydrogens is 367 g/mol. The van der Waals surface area contributed by atoms with Crippen LogP contribution in [0.25, 0.3) is 11.6 Å². The molecule has 0 unspecified atom stereocenters. The molecule has 2 rings (SSSR count). The summed E-state index contributed by atoms with van der Waals surface area (Å²) >= 11 is 2.49. The smallest absolute Gasteiger partial charge is 0.00587 e. The van der Waals surface area contributed by atoms with E-state index in [1.165, 1.54) is 25.9 Å². The highest BCUT2D eigenvalue weighted by molar-refractivity contribution is 14.1. The van der Waals surface area contributed by atoms with Gasteiger partial charge in [0, 0.05) is 0 Å². The van der Waals surface area contributed by atoms with Gasteiger partial charge in [-0.2, -0.15) is 0 Å². The van der Waals surface area contributed by atoms with Crippen molar-refractivity contribution in [3.05, 3.63) is 80.9 Å². The van der Waals surface area contributed by atoms with Crippen LogP contribution < -0.4 is 0 Å². The molecule has 1 heteroatoms. The molecule has 0 fully saturated rings. The van der Waals surface area contributed by atoms with Gasteiger partial charge < -0.3 is 0 Å². The van der Waals surface area contributed by atoms with E-state index >= 15 is 0 Å². The maximum atomic E-state index is 2.49. The topological polar surface area (TPSA) is 0 Å². The summed E-state index contributed by atoms with van der Waals surface area (Å²) in [5, 5.41) is 0. The predicted octanol–water partition coefficient (Wildman–Crippen LogP) is 6.74. The van der Waals surface area contributed by atoms with E-state index < -0.39 is 0 Å². The van der Waals surface area contributed by atoms with E-state index in [-0.39, 0.29) is 0 Å². The molecule has 0 aliphatic heterocycles. The molecule has 0 spiro atoms. The Kier molecular flexibility index (Phi) is 6.24. The van der Waals surface area contributed by atoms with Gasteiger partial charge in [0.05, 0.1) is 0 Å². The standard InChI is InChI=1S/C20H21I/c1-3-18(20(21)4-2)19(17-13-9-6-10-14-17)15-16-11-7-5-8-12-16/h5-15H,3-4H2,1-2H3/b19-15-,20-18-. The van der Waals surface area contributed by atoms with Crippen LogP contribution in [-0.2, 0) is 0 Å². The van der Waals surface area contributed by atoms with E-state index in [0.29, 0.717) is 0 Å². The van der Waals surface area contributed by atoms with Crippen LogP contribution in [0.5, 0.6) is 0 Å². The van der Waals surface area contributed by atoms with E-state index in [2.05, 4.69) is 103 Å². The van der Waals surface area contributed by atoms with Crippen LogP contribution in [0.15, 0.2) is 69.8 Å².